The third-order valence-corrected chi connectivity index (χ3v) is 5.61. The van der Waals surface area contributed by atoms with E-state index in [1.165, 1.54) is 57.0 Å². The summed E-state index contributed by atoms with van der Waals surface area (Å²) in [7, 11) is 0. The van der Waals surface area contributed by atoms with Crippen LogP contribution in [-0.2, 0) is 0 Å². The van der Waals surface area contributed by atoms with Gasteiger partial charge in [0.2, 0.25) is 0 Å². The number of aromatic amines is 1. The number of piperidine rings is 1. The van der Waals surface area contributed by atoms with E-state index in [-0.39, 0.29) is 5.82 Å². The van der Waals surface area contributed by atoms with E-state index < -0.39 is 0 Å². The molecule has 1 N–H and O–H groups in total. The molecule has 0 radical (unpaired) electrons. The van der Waals surface area contributed by atoms with E-state index in [0.29, 0.717) is 5.92 Å². The first-order valence-electron chi connectivity index (χ1n) is 9.46. The lowest BCUT2D eigenvalue weighted by molar-refractivity contribution is 0.173. The molecule has 1 aliphatic heterocycles. The summed E-state index contributed by atoms with van der Waals surface area (Å²) in [5.41, 5.74) is 3.13. The molecule has 1 aromatic heterocycles. The first-order valence-corrected chi connectivity index (χ1v) is 9.46. The van der Waals surface area contributed by atoms with Crippen molar-refractivity contribution < 1.29 is 4.39 Å². The Kier molecular flexibility index (Phi) is 4.97. The molecule has 1 saturated heterocycles. The second-order valence-corrected chi connectivity index (χ2v) is 7.46. The molecule has 1 aliphatic carbocycles. The molecule has 2 heterocycles. The van der Waals surface area contributed by atoms with E-state index >= 15 is 0 Å². The van der Waals surface area contributed by atoms with E-state index in [9.17, 15) is 4.39 Å². The van der Waals surface area contributed by atoms with Gasteiger partial charge in [0.15, 0.2) is 0 Å². The van der Waals surface area contributed by atoms with Gasteiger partial charge >= 0.3 is 0 Å². The van der Waals surface area contributed by atoms with E-state index in [2.05, 4.69) is 27.2 Å². The van der Waals surface area contributed by atoms with E-state index in [1.54, 1.807) is 12.1 Å². The molecule has 132 valence electrons. The predicted octanol–water partition coefficient (Wildman–Crippen LogP) is 4.75. The molecule has 2 aliphatic rings. The molecular weight excluding hydrogens is 313 g/mol. The molecule has 1 aromatic carbocycles. The summed E-state index contributed by atoms with van der Waals surface area (Å²) in [6.07, 6.45) is 12.6. The second-order valence-electron chi connectivity index (χ2n) is 7.46. The Hall–Kier alpha value is -1.94. The van der Waals surface area contributed by atoms with Gasteiger partial charge in [-0.3, -0.25) is 5.10 Å². The van der Waals surface area contributed by atoms with Crippen molar-refractivity contribution in [3.63, 3.8) is 0 Å². The summed E-state index contributed by atoms with van der Waals surface area (Å²) in [5, 5.41) is 7.48. The third-order valence-electron chi connectivity index (χ3n) is 5.61. The minimum Gasteiger partial charge on any atom is -0.302 e. The molecule has 3 nitrogen and oxygen atoms in total. The maximum Gasteiger partial charge on any atom is 0.123 e. The van der Waals surface area contributed by atoms with Gasteiger partial charge in [-0.25, -0.2) is 4.39 Å². The number of halogens is 1. The van der Waals surface area contributed by atoms with Crippen LogP contribution in [-0.4, -0.2) is 34.7 Å². The van der Waals surface area contributed by atoms with Crippen molar-refractivity contribution in [2.75, 3.05) is 19.6 Å². The fourth-order valence-corrected chi connectivity index (χ4v) is 4.34. The minimum absolute atomic E-state index is 0.194. The second kappa shape index (κ2) is 7.52. The van der Waals surface area contributed by atoms with Crippen molar-refractivity contribution in [2.45, 2.75) is 38.0 Å². The van der Waals surface area contributed by atoms with Crippen molar-refractivity contribution in [1.29, 1.82) is 0 Å². The number of aromatic nitrogens is 2. The highest BCUT2D eigenvalue weighted by Crippen LogP contribution is 2.34. The van der Waals surface area contributed by atoms with Gasteiger partial charge in [0.05, 0.1) is 6.20 Å². The van der Waals surface area contributed by atoms with Crippen LogP contribution < -0.4 is 0 Å². The Labute approximate surface area is 148 Å². The number of nitrogens with one attached hydrogen (secondary N) is 1. The molecule has 4 rings (SSSR count). The Bertz CT molecular complexity index is 736. The molecule has 0 bridgehead atoms. The molecule has 0 unspecified atom stereocenters. The van der Waals surface area contributed by atoms with E-state index in [0.717, 1.165) is 23.6 Å². The van der Waals surface area contributed by atoms with Gasteiger partial charge in [-0.15, -0.1) is 0 Å². The van der Waals surface area contributed by atoms with Gasteiger partial charge in [-0.1, -0.05) is 24.3 Å². The van der Waals surface area contributed by atoms with Crippen LogP contribution in [0.2, 0.25) is 0 Å². The van der Waals surface area contributed by atoms with E-state index in [1.807, 2.05) is 12.3 Å². The van der Waals surface area contributed by atoms with Gasteiger partial charge in [-0.05, 0) is 62.3 Å². The SMILES string of the molecule is Fc1cccc(-c2cn[nH]c2[C@H]2CCCN(C[C@@H]3CC=CCC3)C2)c1. The minimum atomic E-state index is -0.194. The molecule has 25 heavy (non-hydrogen) atoms. The molecule has 0 saturated carbocycles. The summed E-state index contributed by atoms with van der Waals surface area (Å²) < 4.78 is 13.6. The Morgan fingerprint density at radius 3 is 3.04 bits per heavy atom. The highest BCUT2D eigenvalue weighted by molar-refractivity contribution is 5.65. The number of H-pyrrole nitrogens is 1. The highest BCUT2D eigenvalue weighted by Gasteiger charge is 2.26. The molecule has 4 heteroatoms. The van der Waals surface area contributed by atoms with Crippen LogP contribution >= 0.6 is 0 Å². The number of nitrogens with zero attached hydrogens (tertiary/aromatic N) is 2. The topological polar surface area (TPSA) is 31.9 Å². The van der Waals surface area contributed by atoms with Crippen LogP contribution in [0.3, 0.4) is 0 Å². The van der Waals surface area contributed by atoms with Crippen molar-refractivity contribution in [3.05, 3.63) is 54.1 Å². The zero-order valence-electron chi connectivity index (χ0n) is 14.6. The average Bonchev–Trinajstić information content (AvgIpc) is 3.13. The van der Waals surface area contributed by atoms with E-state index in [4.69, 9.17) is 0 Å². The van der Waals surface area contributed by atoms with Gasteiger partial charge in [0, 0.05) is 30.3 Å². The van der Waals surface area contributed by atoms with Gasteiger partial charge in [0.25, 0.3) is 0 Å². The Morgan fingerprint density at radius 1 is 1.24 bits per heavy atom. The number of benzene rings is 1. The molecule has 1 fully saturated rings. The predicted molar refractivity (Wildman–Crippen MR) is 98.9 cm³/mol. The summed E-state index contributed by atoms with van der Waals surface area (Å²) in [6.45, 7) is 3.47. The monoisotopic (exact) mass is 339 g/mol. The maximum atomic E-state index is 13.6. The van der Waals surface area contributed by atoms with Crippen molar-refractivity contribution in [3.8, 4) is 11.1 Å². The molecule has 2 aromatic rings. The van der Waals surface area contributed by atoms with Crippen LogP contribution in [0.1, 0.15) is 43.7 Å². The Balaban J connectivity index is 1.48. The maximum absolute atomic E-state index is 13.6. The van der Waals surface area contributed by atoms with Crippen LogP contribution in [0, 0.1) is 11.7 Å². The summed E-state index contributed by atoms with van der Waals surface area (Å²) >= 11 is 0. The Morgan fingerprint density at radius 2 is 2.20 bits per heavy atom. The first kappa shape index (κ1) is 16.5. The molecular formula is C21H26FN3. The number of rotatable bonds is 4. The first-order chi connectivity index (χ1) is 12.3. The molecule has 2 atom stereocenters. The van der Waals surface area contributed by atoms with Crippen LogP contribution in [0.4, 0.5) is 4.39 Å². The van der Waals surface area contributed by atoms with Crippen molar-refractivity contribution in [1.82, 2.24) is 15.1 Å². The van der Waals surface area contributed by atoms with Crippen LogP contribution in [0.15, 0.2) is 42.6 Å². The zero-order valence-corrected chi connectivity index (χ0v) is 14.6. The lowest BCUT2D eigenvalue weighted by Gasteiger charge is -2.35. The fourth-order valence-electron chi connectivity index (χ4n) is 4.34. The third kappa shape index (κ3) is 3.84. The number of hydrogen-bond acceptors (Lipinski definition) is 2. The lowest BCUT2D eigenvalue weighted by atomic mass is 9.88. The molecule has 0 amide bonds. The smallest absolute Gasteiger partial charge is 0.123 e. The lowest BCUT2D eigenvalue weighted by Crippen LogP contribution is -2.38. The normalized spacial score (nSPS) is 24.5. The van der Waals surface area contributed by atoms with Crippen LogP contribution in [0.5, 0.6) is 0 Å². The average molecular weight is 339 g/mol. The number of likely N-dealkylation sites (tertiary alicyclic amines) is 1. The van der Waals surface area contributed by atoms with Gasteiger partial charge in [-0.2, -0.15) is 5.10 Å². The van der Waals surface area contributed by atoms with Gasteiger partial charge in [0.1, 0.15) is 5.82 Å². The zero-order chi connectivity index (χ0) is 17.1. The van der Waals surface area contributed by atoms with Gasteiger partial charge < -0.3 is 4.90 Å². The summed E-state index contributed by atoms with van der Waals surface area (Å²) in [6, 6.07) is 6.82. The fraction of sp³-hybridized carbons (Fsp3) is 0.476. The van der Waals surface area contributed by atoms with Crippen molar-refractivity contribution in [2.24, 2.45) is 5.92 Å². The quantitative estimate of drug-likeness (QED) is 0.815. The van der Waals surface area contributed by atoms with Crippen molar-refractivity contribution >= 4 is 0 Å². The van der Waals surface area contributed by atoms with Crippen LogP contribution in [0.25, 0.3) is 11.1 Å². The largest absolute Gasteiger partial charge is 0.302 e. The summed E-state index contributed by atoms with van der Waals surface area (Å²) in [4.78, 5) is 2.62. The molecule has 0 spiro atoms. The number of hydrogen-bond donors (Lipinski definition) is 1. The number of allylic oxidation sites excluding steroid dienone is 2. The standard InChI is InChI=1S/C21H26FN3/c22-19-10-4-8-17(12-19)20-13-23-24-21(20)18-9-5-11-25(15-18)14-16-6-2-1-3-7-16/h1-2,4,8,10,12-13,16,18H,3,5-7,9,11,14-15H2,(H,23,24)/t16-,18+/m1/s1. The highest BCUT2D eigenvalue weighted by atomic mass is 19.1. The summed E-state index contributed by atoms with van der Waals surface area (Å²) in [5.74, 6) is 1.06.